The Morgan fingerprint density at radius 1 is 0.935 bits per heavy atom. The van der Waals surface area contributed by atoms with E-state index in [-0.39, 0.29) is 29.6 Å². The van der Waals surface area contributed by atoms with Gasteiger partial charge in [-0.3, -0.25) is 14.6 Å². The van der Waals surface area contributed by atoms with Gasteiger partial charge in [0.2, 0.25) is 5.91 Å². The molecule has 0 spiro atoms. The number of nitrogens with zero attached hydrogens (tertiary/aromatic N) is 2. The minimum atomic E-state index is -0.281. The van der Waals surface area contributed by atoms with Crippen molar-refractivity contribution in [3.8, 4) is 0 Å². The molecule has 0 saturated carbocycles. The van der Waals surface area contributed by atoms with Crippen LogP contribution < -0.4 is 5.32 Å². The van der Waals surface area contributed by atoms with E-state index in [0.717, 1.165) is 43.7 Å². The smallest absolute Gasteiger partial charge is 0.237 e. The molecule has 0 bridgehead atoms. The van der Waals surface area contributed by atoms with Crippen molar-refractivity contribution < 1.29 is 18.3 Å². The van der Waals surface area contributed by atoms with Gasteiger partial charge >= 0.3 is 0 Å². The van der Waals surface area contributed by atoms with Crippen molar-refractivity contribution in [2.24, 2.45) is 0 Å². The fourth-order valence-corrected chi connectivity index (χ4v) is 4.03. The molecule has 1 amide bonds. The topological polar surface area (TPSA) is 44.8 Å². The summed E-state index contributed by atoms with van der Waals surface area (Å²) < 4.78 is 32.0. The molecular weight excluding hydrogens is 400 g/mol. The number of carbonyl (C=O) groups is 1. The molecule has 1 aliphatic rings. The predicted molar refractivity (Wildman–Crippen MR) is 117 cm³/mol. The largest absolute Gasteiger partial charge is 0.385 e. The van der Waals surface area contributed by atoms with Crippen molar-refractivity contribution in [3.05, 3.63) is 71.3 Å². The first-order valence-corrected chi connectivity index (χ1v) is 10.7. The van der Waals surface area contributed by atoms with Crippen LogP contribution in [0, 0.1) is 11.6 Å². The number of piperazine rings is 1. The van der Waals surface area contributed by atoms with Crippen molar-refractivity contribution in [2.75, 3.05) is 46.4 Å². The molecule has 1 aliphatic heterocycles. The van der Waals surface area contributed by atoms with E-state index in [9.17, 15) is 13.6 Å². The molecule has 1 heterocycles. The molecule has 0 radical (unpaired) electrons. The fraction of sp³-hybridized carbons (Fsp3) is 0.458. The molecule has 1 saturated heterocycles. The van der Waals surface area contributed by atoms with Gasteiger partial charge in [-0.05, 0) is 48.7 Å². The minimum absolute atomic E-state index is 0.0261. The van der Waals surface area contributed by atoms with Crippen molar-refractivity contribution in [2.45, 2.75) is 25.4 Å². The van der Waals surface area contributed by atoms with Crippen LogP contribution in [0.2, 0.25) is 0 Å². The van der Waals surface area contributed by atoms with E-state index in [4.69, 9.17) is 4.74 Å². The maximum Gasteiger partial charge on any atom is 0.237 e. The molecule has 0 aliphatic carbocycles. The highest BCUT2D eigenvalue weighted by atomic mass is 19.1. The van der Waals surface area contributed by atoms with Crippen LogP contribution in [0.5, 0.6) is 0 Å². The second-order valence-electron chi connectivity index (χ2n) is 7.89. The monoisotopic (exact) mass is 431 g/mol. The molecule has 7 heteroatoms. The van der Waals surface area contributed by atoms with Crippen LogP contribution in [-0.2, 0) is 9.53 Å². The van der Waals surface area contributed by atoms with Crippen LogP contribution in [0.1, 0.15) is 30.5 Å². The van der Waals surface area contributed by atoms with Gasteiger partial charge in [-0.25, -0.2) is 8.78 Å². The third-order valence-electron chi connectivity index (χ3n) is 5.84. The number of nitrogens with one attached hydrogen (secondary N) is 1. The summed E-state index contributed by atoms with van der Waals surface area (Å²) in [4.78, 5) is 16.9. The normalized spacial score (nSPS) is 16.4. The van der Waals surface area contributed by atoms with Crippen LogP contribution in [0.4, 0.5) is 8.78 Å². The van der Waals surface area contributed by atoms with Gasteiger partial charge in [0, 0.05) is 46.4 Å². The second kappa shape index (κ2) is 11.3. The number of benzene rings is 2. The highest BCUT2D eigenvalue weighted by molar-refractivity contribution is 5.81. The Balaban J connectivity index is 1.66. The zero-order valence-electron chi connectivity index (χ0n) is 18.2. The van der Waals surface area contributed by atoms with Gasteiger partial charge in [-0.1, -0.05) is 24.3 Å². The van der Waals surface area contributed by atoms with Gasteiger partial charge in [0.15, 0.2) is 0 Å². The van der Waals surface area contributed by atoms with E-state index < -0.39 is 0 Å². The van der Waals surface area contributed by atoms with E-state index in [2.05, 4.69) is 15.1 Å². The first-order chi connectivity index (χ1) is 15.0. The van der Waals surface area contributed by atoms with Gasteiger partial charge in [0.1, 0.15) is 11.6 Å². The molecular formula is C24H31F2N3O2. The highest BCUT2D eigenvalue weighted by Gasteiger charge is 2.30. The second-order valence-corrected chi connectivity index (χ2v) is 7.89. The molecule has 3 rings (SSSR count). The Bertz CT molecular complexity index is 776. The maximum atomic E-state index is 13.5. The number of halogens is 2. The summed E-state index contributed by atoms with van der Waals surface area (Å²) >= 11 is 0. The van der Waals surface area contributed by atoms with Crippen LogP contribution in [0.3, 0.4) is 0 Å². The third-order valence-corrected chi connectivity index (χ3v) is 5.84. The molecule has 168 valence electrons. The zero-order valence-corrected chi connectivity index (χ0v) is 18.2. The third kappa shape index (κ3) is 6.32. The summed E-state index contributed by atoms with van der Waals surface area (Å²) in [5.74, 6) is -0.535. The molecule has 0 aromatic heterocycles. The van der Waals surface area contributed by atoms with Gasteiger partial charge in [-0.15, -0.1) is 0 Å². The quantitative estimate of drug-likeness (QED) is 0.620. The van der Waals surface area contributed by atoms with E-state index in [1.54, 1.807) is 31.4 Å². The highest BCUT2D eigenvalue weighted by Crippen LogP contribution is 2.30. The minimum Gasteiger partial charge on any atom is -0.385 e. The van der Waals surface area contributed by atoms with Crippen LogP contribution in [0.25, 0.3) is 0 Å². The molecule has 1 unspecified atom stereocenters. The van der Waals surface area contributed by atoms with Crippen LogP contribution >= 0.6 is 0 Å². The maximum absolute atomic E-state index is 13.5. The first-order valence-electron chi connectivity index (χ1n) is 10.7. The molecule has 31 heavy (non-hydrogen) atoms. The molecule has 1 fully saturated rings. The number of rotatable bonds is 9. The summed E-state index contributed by atoms with van der Waals surface area (Å²) in [6.45, 7) is 6.15. The summed E-state index contributed by atoms with van der Waals surface area (Å²) in [5, 5.41) is 2.97. The van der Waals surface area contributed by atoms with Gasteiger partial charge < -0.3 is 10.1 Å². The number of amides is 1. The predicted octanol–water partition coefficient (Wildman–Crippen LogP) is 3.21. The van der Waals surface area contributed by atoms with Crippen molar-refractivity contribution in [3.63, 3.8) is 0 Å². The van der Waals surface area contributed by atoms with Crippen molar-refractivity contribution in [1.82, 2.24) is 15.1 Å². The number of hydrogen-bond acceptors (Lipinski definition) is 4. The molecule has 1 N–H and O–H groups in total. The number of ether oxygens (including phenoxy) is 1. The van der Waals surface area contributed by atoms with E-state index in [1.807, 2.05) is 6.92 Å². The van der Waals surface area contributed by atoms with E-state index >= 15 is 0 Å². The van der Waals surface area contributed by atoms with Gasteiger partial charge in [0.05, 0.1) is 12.1 Å². The Labute approximate surface area is 183 Å². The van der Waals surface area contributed by atoms with Crippen molar-refractivity contribution in [1.29, 1.82) is 0 Å². The Morgan fingerprint density at radius 3 is 1.90 bits per heavy atom. The van der Waals surface area contributed by atoms with Crippen LogP contribution in [0.15, 0.2) is 48.5 Å². The fourth-order valence-electron chi connectivity index (χ4n) is 4.03. The average molecular weight is 432 g/mol. The number of hydrogen-bond donors (Lipinski definition) is 1. The molecule has 1 atom stereocenters. The lowest BCUT2D eigenvalue weighted by atomic mass is 9.96. The van der Waals surface area contributed by atoms with E-state index in [1.165, 1.54) is 24.3 Å². The molecule has 5 nitrogen and oxygen atoms in total. The van der Waals surface area contributed by atoms with Gasteiger partial charge in [-0.2, -0.15) is 0 Å². The lowest BCUT2D eigenvalue weighted by molar-refractivity contribution is -0.126. The zero-order chi connectivity index (χ0) is 22.2. The summed E-state index contributed by atoms with van der Waals surface area (Å²) in [6.07, 6.45) is 0.791. The standard InChI is InChI=1S/C24H31F2N3O2/c1-18(24(30)27-12-3-17-31-2)28-13-15-29(16-14-28)23(19-4-8-21(25)9-5-19)20-6-10-22(26)11-7-20/h4-11,18,23H,3,12-17H2,1-2H3,(H,27,30). The lowest BCUT2D eigenvalue weighted by Gasteiger charge is -2.41. The number of methoxy groups -OCH3 is 1. The first kappa shape index (κ1) is 23.3. The van der Waals surface area contributed by atoms with Crippen LogP contribution in [-0.4, -0.2) is 68.2 Å². The Hall–Kier alpha value is -2.35. The number of carbonyl (C=O) groups excluding carboxylic acids is 1. The lowest BCUT2D eigenvalue weighted by Crippen LogP contribution is -2.54. The Morgan fingerprint density at radius 2 is 1.42 bits per heavy atom. The molecule has 2 aromatic rings. The summed E-state index contributed by atoms with van der Waals surface area (Å²) in [6, 6.07) is 12.7. The average Bonchev–Trinajstić information content (AvgIpc) is 2.79. The summed E-state index contributed by atoms with van der Waals surface area (Å²) in [5.41, 5.74) is 1.93. The van der Waals surface area contributed by atoms with Gasteiger partial charge in [0.25, 0.3) is 0 Å². The summed E-state index contributed by atoms with van der Waals surface area (Å²) in [7, 11) is 1.65. The Kier molecular flexibility index (Phi) is 8.51. The molecule has 2 aromatic carbocycles. The SMILES string of the molecule is COCCCNC(=O)C(C)N1CCN(C(c2ccc(F)cc2)c2ccc(F)cc2)CC1. The van der Waals surface area contributed by atoms with Crippen molar-refractivity contribution >= 4 is 5.91 Å². The van der Waals surface area contributed by atoms with E-state index in [0.29, 0.717) is 13.2 Å².